The second-order valence-electron chi connectivity index (χ2n) is 9.31. The average molecular weight is 467 g/mol. The summed E-state index contributed by atoms with van der Waals surface area (Å²) in [5.41, 5.74) is 0.641. The van der Waals surface area contributed by atoms with E-state index in [4.69, 9.17) is 4.52 Å². The molecule has 0 spiro atoms. The van der Waals surface area contributed by atoms with Gasteiger partial charge in [0.15, 0.2) is 11.4 Å². The molecule has 2 aromatic heterocycles. The summed E-state index contributed by atoms with van der Waals surface area (Å²) in [6.45, 7) is 7.83. The topological polar surface area (TPSA) is 108 Å². The quantitative estimate of drug-likeness (QED) is 0.602. The van der Waals surface area contributed by atoms with Gasteiger partial charge in [-0.05, 0) is 43.9 Å². The van der Waals surface area contributed by atoms with Crippen LogP contribution in [0.15, 0.2) is 44.6 Å². The number of hydrogen-bond donors (Lipinski definition) is 1. The van der Waals surface area contributed by atoms with E-state index < -0.39 is 11.2 Å². The van der Waals surface area contributed by atoms with Crippen LogP contribution in [0.1, 0.15) is 31.7 Å². The van der Waals surface area contributed by atoms with Crippen molar-refractivity contribution in [3.8, 4) is 5.82 Å². The van der Waals surface area contributed by atoms with Crippen LogP contribution < -0.4 is 11.2 Å². The molecule has 4 heterocycles. The zero-order valence-electron chi connectivity index (χ0n) is 19.4. The molecule has 1 aromatic carbocycles. The van der Waals surface area contributed by atoms with Gasteiger partial charge >= 0.3 is 5.69 Å². The Hall–Kier alpha value is -3.24. The number of aromatic amines is 1. The molecule has 0 aliphatic carbocycles. The number of piperazine rings is 1. The number of piperidine rings is 1. The number of benzene rings is 1. The maximum absolute atomic E-state index is 12.6. The van der Waals surface area contributed by atoms with Gasteiger partial charge in [0, 0.05) is 57.6 Å². The highest BCUT2D eigenvalue weighted by Gasteiger charge is 2.27. The predicted molar refractivity (Wildman–Crippen MR) is 127 cm³/mol. The highest BCUT2D eigenvalue weighted by atomic mass is 16.5. The van der Waals surface area contributed by atoms with Gasteiger partial charge in [-0.15, -0.1) is 0 Å². The van der Waals surface area contributed by atoms with Crippen molar-refractivity contribution in [2.45, 2.75) is 38.8 Å². The van der Waals surface area contributed by atoms with E-state index in [1.807, 2.05) is 23.1 Å². The van der Waals surface area contributed by atoms with Crippen LogP contribution in [-0.2, 0) is 11.3 Å². The second-order valence-corrected chi connectivity index (χ2v) is 9.31. The number of hydrogen-bond acceptors (Lipinski definition) is 7. The van der Waals surface area contributed by atoms with Crippen LogP contribution in [-0.4, -0.2) is 80.6 Å². The van der Waals surface area contributed by atoms with Crippen molar-refractivity contribution in [3.05, 3.63) is 56.9 Å². The van der Waals surface area contributed by atoms with Crippen molar-refractivity contribution in [3.63, 3.8) is 0 Å². The Kier molecular flexibility index (Phi) is 6.34. The van der Waals surface area contributed by atoms with E-state index >= 15 is 0 Å². The number of H-pyrrole nitrogens is 1. The third-order valence-electron chi connectivity index (χ3n) is 6.87. The second kappa shape index (κ2) is 9.55. The van der Waals surface area contributed by atoms with Crippen molar-refractivity contribution in [2.75, 3.05) is 39.3 Å². The van der Waals surface area contributed by atoms with Gasteiger partial charge < -0.3 is 9.42 Å². The van der Waals surface area contributed by atoms with E-state index in [9.17, 15) is 14.4 Å². The van der Waals surface area contributed by atoms with Gasteiger partial charge in [-0.3, -0.25) is 24.4 Å². The molecule has 3 aromatic rings. The van der Waals surface area contributed by atoms with E-state index in [1.165, 1.54) is 23.3 Å². The van der Waals surface area contributed by atoms with Crippen LogP contribution in [0.3, 0.4) is 0 Å². The lowest BCUT2D eigenvalue weighted by molar-refractivity contribution is -0.134. The van der Waals surface area contributed by atoms with Crippen molar-refractivity contribution in [1.29, 1.82) is 0 Å². The third-order valence-corrected chi connectivity index (χ3v) is 6.87. The summed E-state index contributed by atoms with van der Waals surface area (Å²) < 4.78 is 6.67. The molecule has 10 heteroatoms. The van der Waals surface area contributed by atoms with Gasteiger partial charge in [0.25, 0.3) is 5.56 Å². The first-order valence-electron chi connectivity index (χ1n) is 11.9. The lowest BCUT2D eigenvalue weighted by atomic mass is 10.1. The summed E-state index contributed by atoms with van der Waals surface area (Å²) in [5, 5.41) is 4.76. The standard InChI is InChI=1S/C24H30N6O4/c1-17-14-27(16-22(32)28-8-3-2-4-9-28)11-12-29(17)15-18-5-6-20-19(13-18)23(26-34-20)30-10-7-21(31)25-24(30)33/h5-7,10,13,17H,2-4,8-9,11-12,14-16H2,1H3,(H,25,31,33). The van der Waals surface area contributed by atoms with E-state index in [-0.39, 0.29) is 5.91 Å². The first kappa shape index (κ1) is 22.5. The molecule has 180 valence electrons. The fourth-order valence-electron chi connectivity index (χ4n) is 4.95. The van der Waals surface area contributed by atoms with Crippen LogP contribution in [0.4, 0.5) is 0 Å². The third kappa shape index (κ3) is 4.69. The maximum atomic E-state index is 12.6. The van der Waals surface area contributed by atoms with E-state index in [0.29, 0.717) is 29.4 Å². The van der Waals surface area contributed by atoms with Gasteiger partial charge in [0.1, 0.15) is 0 Å². The molecule has 2 saturated heterocycles. The molecule has 2 fully saturated rings. The summed E-state index contributed by atoms with van der Waals surface area (Å²) in [6.07, 6.45) is 4.86. The number of carbonyl (C=O) groups excluding carboxylic acids is 1. The van der Waals surface area contributed by atoms with Crippen molar-refractivity contribution in [1.82, 2.24) is 29.4 Å². The Morgan fingerprint density at radius 1 is 1.12 bits per heavy atom. The van der Waals surface area contributed by atoms with Crippen molar-refractivity contribution < 1.29 is 9.32 Å². The molecule has 1 amide bonds. The smallest absolute Gasteiger partial charge is 0.334 e. The molecule has 2 aliphatic rings. The molecule has 2 aliphatic heterocycles. The Morgan fingerprint density at radius 2 is 1.94 bits per heavy atom. The average Bonchev–Trinajstić information content (AvgIpc) is 3.24. The minimum Gasteiger partial charge on any atom is -0.354 e. The number of carbonyl (C=O) groups is 1. The lowest BCUT2D eigenvalue weighted by Gasteiger charge is -2.40. The molecule has 0 saturated carbocycles. The molecular formula is C24H30N6O4. The van der Waals surface area contributed by atoms with Gasteiger partial charge in [-0.1, -0.05) is 11.2 Å². The zero-order chi connectivity index (χ0) is 23.7. The molecule has 10 nitrogen and oxygen atoms in total. The normalized spacial score (nSPS) is 20.1. The lowest BCUT2D eigenvalue weighted by Crippen LogP contribution is -2.54. The highest BCUT2D eigenvalue weighted by molar-refractivity contribution is 5.84. The van der Waals surface area contributed by atoms with E-state index in [0.717, 1.165) is 57.7 Å². The number of amides is 1. The Morgan fingerprint density at radius 3 is 2.71 bits per heavy atom. The van der Waals surface area contributed by atoms with Gasteiger partial charge in [0.2, 0.25) is 5.91 Å². The van der Waals surface area contributed by atoms with Crippen LogP contribution in [0, 0.1) is 0 Å². The summed E-state index contributed by atoms with van der Waals surface area (Å²) in [6, 6.07) is 7.44. The molecule has 0 radical (unpaired) electrons. The van der Waals surface area contributed by atoms with Gasteiger partial charge in [0.05, 0.1) is 11.9 Å². The molecule has 5 rings (SSSR count). The van der Waals surface area contributed by atoms with E-state index in [1.54, 1.807) is 0 Å². The monoisotopic (exact) mass is 466 g/mol. The van der Waals surface area contributed by atoms with Gasteiger partial charge in [-0.25, -0.2) is 9.36 Å². The number of likely N-dealkylation sites (tertiary alicyclic amines) is 1. The zero-order valence-corrected chi connectivity index (χ0v) is 19.4. The summed E-state index contributed by atoms with van der Waals surface area (Å²) in [4.78, 5) is 45.2. The molecule has 1 unspecified atom stereocenters. The van der Waals surface area contributed by atoms with E-state index in [2.05, 4.69) is 26.9 Å². The minimum atomic E-state index is -0.558. The molecule has 34 heavy (non-hydrogen) atoms. The van der Waals surface area contributed by atoms with Crippen LogP contribution >= 0.6 is 0 Å². The predicted octanol–water partition coefficient (Wildman–Crippen LogP) is 1.19. The minimum absolute atomic E-state index is 0.253. The number of aromatic nitrogens is 3. The number of rotatable bonds is 5. The van der Waals surface area contributed by atoms with Gasteiger partial charge in [-0.2, -0.15) is 0 Å². The first-order chi connectivity index (χ1) is 16.5. The molecular weight excluding hydrogens is 436 g/mol. The van der Waals surface area contributed by atoms with Crippen LogP contribution in [0.5, 0.6) is 0 Å². The van der Waals surface area contributed by atoms with Crippen molar-refractivity contribution in [2.24, 2.45) is 0 Å². The largest absolute Gasteiger partial charge is 0.354 e. The maximum Gasteiger partial charge on any atom is 0.334 e. The fraction of sp³-hybridized carbons (Fsp3) is 0.500. The summed E-state index contributed by atoms with van der Waals surface area (Å²) in [7, 11) is 0. The molecule has 0 bridgehead atoms. The molecule has 1 atom stereocenters. The number of nitrogens with zero attached hydrogens (tertiary/aromatic N) is 5. The first-order valence-corrected chi connectivity index (χ1v) is 11.9. The molecule has 1 N–H and O–H groups in total. The fourth-order valence-corrected chi connectivity index (χ4v) is 4.95. The number of nitrogens with one attached hydrogen (secondary N) is 1. The summed E-state index contributed by atoms with van der Waals surface area (Å²) >= 11 is 0. The Balaban J connectivity index is 1.26. The Labute approximate surface area is 196 Å². The van der Waals surface area contributed by atoms with Crippen LogP contribution in [0.2, 0.25) is 0 Å². The number of fused-ring (bicyclic) bond motifs is 1. The SMILES string of the molecule is CC1CN(CC(=O)N2CCCCC2)CCN1Cc1ccc2onc(-n3ccc(=O)[nH]c3=O)c2c1. The highest BCUT2D eigenvalue weighted by Crippen LogP contribution is 2.24. The summed E-state index contributed by atoms with van der Waals surface area (Å²) in [5.74, 6) is 0.607. The van der Waals surface area contributed by atoms with Crippen LogP contribution in [0.25, 0.3) is 16.8 Å². The van der Waals surface area contributed by atoms with Crippen molar-refractivity contribution >= 4 is 16.9 Å². The Bertz CT molecular complexity index is 1290.